The van der Waals surface area contributed by atoms with Crippen LogP contribution >= 0.6 is 0 Å². The number of nitrogens with zero attached hydrogens (tertiary/aromatic N) is 1. The van der Waals surface area contributed by atoms with Crippen molar-refractivity contribution in [3.63, 3.8) is 0 Å². The van der Waals surface area contributed by atoms with E-state index in [2.05, 4.69) is 24.4 Å². The first-order chi connectivity index (χ1) is 17.8. The van der Waals surface area contributed by atoms with Gasteiger partial charge in [-0.1, -0.05) is 45.6 Å². The first-order valence-corrected chi connectivity index (χ1v) is 18.7. The van der Waals surface area contributed by atoms with Crippen LogP contribution in [-0.4, -0.2) is 75.8 Å². The van der Waals surface area contributed by atoms with Gasteiger partial charge >= 0.3 is 5.97 Å². The lowest BCUT2D eigenvalue weighted by atomic mass is 9.87. The average Bonchev–Trinajstić information content (AvgIpc) is 3.11. The zero-order valence-electron chi connectivity index (χ0n) is 23.2. The Morgan fingerprint density at radius 1 is 1.08 bits per heavy atom. The summed E-state index contributed by atoms with van der Waals surface area (Å²) in [6.07, 6.45) is 1.79. The number of amides is 2. The van der Waals surface area contributed by atoms with Gasteiger partial charge in [0.2, 0.25) is 10.0 Å². The van der Waals surface area contributed by atoms with Crippen molar-refractivity contribution >= 4 is 35.9 Å². The molecule has 0 aromatic heterocycles. The molecule has 0 spiro atoms. The molecule has 1 aliphatic heterocycles. The quantitative estimate of drug-likeness (QED) is 0.233. The number of hydrogen-bond acceptors (Lipinski definition) is 7. The molecule has 38 heavy (non-hydrogen) atoms. The zero-order valence-corrected chi connectivity index (χ0v) is 25.0. The van der Waals surface area contributed by atoms with Crippen molar-refractivity contribution in [2.24, 2.45) is 0 Å². The van der Waals surface area contributed by atoms with E-state index < -0.39 is 54.1 Å². The van der Waals surface area contributed by atoms with Gasteiger partial charge in [-0.15, -0.1) is 0 Å². The Kier molecular flexibility index (Phi) is 9.72. The largest absolute Gasteiger partial charge is 0.463 e. The number of rotatable bonds is 12. The molecule has 1 aliphatic carbocycles. The normalized spacial score (nSPS) is 22.0. The van der Waals surface area contributed by atoms with Crippen LogP contribution in [0.25, 0.3) is 0 Å². The number of hydrogen-bond donors (Lipinski definition) is 1. The molecule has 0 bridgehead atoms. The number of sulfonamides is 1. The molecule has 1 aromatic rings. The van der Waals surface area contributed by atoms with Crippen molar-refractivity contribution in [3.05, 3.63) is 47.0 Å². The summed E-state index contributed by atoms with van der Waals surface area (Å²) in [5.74, 6) is -1.69. The second-order valence-corrected chi connectivity index (χ2v) is 18.5. The van der Waals surface area contributed by atoms with Crippen molar-refractivity contribution < 1.29 is 32.3 Å². The number of esters is 1. The standard InChI is InChI=1S/C27H40N2O7SSi/c1-7-19(8-2)36-23-17-18(27(32)35-9-3)16-22(24(23)28-37(33,34)14-15-38(4,5)6)29-25(30)20-12-10-11-13-21(20)26(29)31/h10-13,17,19,22-24,28H,7-9,14-16H2,1-6H3/t22-,23+,24+/m0/s1. The molecule has 0 unspecified atom stereocenters. The van der Waals surface area contributed by atoms with Crippen LogP contribution in [-0.2, 0) is 24.3 Å². The number of fused-ring (bicyclic) bond motifs is 1. The third-order valence-corrected chi connectivity index (χ3v) is 10.4. The summed E-state index contributed by atoms with van der Waals surface area (Å²) in [5.41, 5.74) is 0.756. The van der Waals surface area contributed by atoms with E-state index in [-0.39, 0.29) is 41.6 Å². The van der Waals surface area contributed by atoms with E-state index in [9.17, 15) is 22.8 Å². The van der Waals surface area contributed by atoms with E-state index in [1.54, 1.807) is 37.3 Å². The molecule has 1 N–H and O–H groups in total. The summed E-state index contributed by atoms with van der Waals surface area (Å²) in [7, 11) is -5.47. The van der Waals surface area contributed by atoms with E-state index in [1.807, 2.05) is 13.8 Å². The van der Waals surface area contributed by atoms with Gasteiger partial charge in [0.05, 0.1) is 47.8 Å². The highest BCUT2D eigenvalue weighted by Gasteiger charge is 2.48. The molecular formula is C27H40N2O7SSi. The van der Waals surface area contributed by atoms with Gasteiger partial charge in [0.15, 0.2) is 0 Å². The lowest BCUT2D eigenvalue weighted by Gasteiger charge is -2.41. The fourth-order valence-electron chi connectivity index (χ4n) is 4.76. The second kappa shape index (κ2) is 12.2. The molecule has 11 heteroatoms. The minimum Gasteiger partial charge on any atom is -0.463 e. The van der Waals surface area contributed by atoms with E-state index >= 15 is 0 Å². The predicted molar refractivity (Wildman–Crippen MR) is 148 cm³/mol. The smallest absolute Gasteiger partial charge is 0.333 e. The molecular weight excluding hydrogens is 524 g/mol. The highest BCUT2D eigenvalue weighted by molar-refractivity contribution is 7.89. The van der Waals surface area contributed by atoms with Gasteiger partial charge in [-0.25, -0.2) is 17.9 Å². The van der Waals surface area contributed by atoms with Crippen LogP contribution in [0.2, 0.25) is 25.7 Å². The number of imide groups is 1. The lowest BCUT2D eigenvalue weighted by molar-refractivity contribution is -0.139. The molecule has 2 aliphatic rings. The zero-order chi connectivity index (χ0) is 28.3. The van der Waals surface area contributed by atoms with Gasteiger partial charge < -0.3 is 9.47 Å². The molecule has 210 valence electrons. The summed E-state index contributed by atoms with van der Waals surface area (Å²) in [6.45, 7) is 12.0. The second-order valence-electron chi connectivity index (χ2n) is 11.0. The Morgan fingerprint density at radius 2 is 1.66 bits per heavy atom. The summed E-state index contributed by atoms with van der Waals surface area (Å²) in [6, 6.07) is 5.10. The molecule has 0 fully saturated rings. The minimum atomic E-state index is -3.80. The predicted octanol–water partition coefficient (Wildman–Crippen LogP) is 3.74. The van der Waals surface area contributed by atoms with Crippen molar-refractivity contribution in [2.75, 3.05) is 12.4 Å². The van der Waals surface area contributed by atoms with Crippen LogP contribution in [0.5, 0.6) is 0 Å². The first kappa shape index (κ1) is 30.2. The third kappa shape index (κ3) is 6.99. The summed E-state index contributed by atoms with van der Waals surface area (Å²) in [5, 5.41) is 0. The number of ether oxygens (including phenoxy) is 2. The lowest BCUT2D eigenvalue weighted by Crippen LogP contribution is -2.61. The maximum absolute atomic E-state index is 13.5. The average molecular weight is 565 g/mol. The molecule has 2 amide bonds. The fraction of sp³-hybridized carbons (Fsp3) is 0.593. The van der Waals surface area contributed by atoms with Crippen LogP contribution in [0, 0.1) is 0 Å². The summed E-state index contributed by atoms with van der Waals surface area (Å²) < 4.78 is 41.0. The van der Waals surface area contributed by atoms with Gasteiger partial charge in [0.25, 0.3) is 11.8 Å². The van der Waals surface area contributed by atoms with Crippen molar-refractivity contribution in [2.45, 2.75) is 90.0 Å². The Balaban J connectivity index is 2.08. The topological polar surface area (TPSA) is 119 Å². The Morgan fingerprint density at radius 3 is 2.16 bits per heavy atom. The van der Waals surface area contributed by atoms with Crippen molar-refractivity contribution in [3.8, 4) is 0 Å². The molecule has 9 nitrogen and oxygen atoms in total. The van der Waals surface area contributed by atoms with E-state index in [1.165, 1.54) is 0 Å². The highest BCUT2D eigenvalue weighted by Crippen LogP contribution is 2.34. The third-order valence-electron chi connectivity index (χ3n) is 6.95. The number of nitrogens with one attached hydrogen (secondary N) is 1. The number of carbonyl (C=O) groups excluding carboxylic acids is 3. The number of benzene rings is 1. The van der Waals surface area contributed by atoms with Crippen LogP contribution in [0.3, 0.4) is 0 Å². The van der Waals surface area contributed by atoms with Gasteiger partial charge in [-0.2, -0.15) is 0 Å². The summed E-state index contributed by atoms with van der Waals surface area (Å²) in [4.78, 5) is 40.9. The Bertz CT molecular complexity index is 1150. The van der Waals surface area contributed by atoms with Crippen LogP contribution in [0.15, 0.2) is 35.9 Å². The molecule has 1 aromatic carbocycles. The SMILES string of the molecule is CCOC(=O)C1=C[C@@H](OC(CC)CC)[C@H](NS(=O)(=O)CC[Si](C)(C)C)[C@@H](N2C(=O)c3ccccc3C2=O)C1. The molecule has 0 saturated carbocycles. The maximum atomic E-state index is 13.5. The van der Waals surface area contributed by atoms with E-state index in [0.29, 0.717) is 18.9 Å². The minimum absolute atomic E-state index is 0.0473. The fourth-order valence-corrected chi connectivity index (χ4v) is 9.11. The monoisotopic (exact) mass is 564 g/mol. The van der Waals surface area contributed by atoms with Crippen LogP contribution < -0.4 is 4.72 Å². The van der Waals surface area contributed by atoms with Gasteiger partial charge in [0.1, 0.15) is 0 Å². The molecule has 3 rings (SSSR count). The van der Waals surface area contributed by atoms with E-state index in [0.717, 1.165) is 4.90 Å². The Labute approximate surface area is 227 Å². The molecule has 0 radical (unpaired) electrons. The van der Waals surface area contributed by atoms with E-state index in [4.69, 9.17) is 9.47 Å². The van der Waals surface area contributed by atoms with Crippen molar-refractivity contribution in [1.29, 1.82) is 0 Å². The van der Waals surface area contributed by atoms with Gasteiger partial charge in [0, 0.05) is 20.1 Å². The molecule has 1 heterocycles. The first-order valence-electron chi connectivity index (χ1n) is 13.3. The maximum Gasteiger partial charge on any atom is 0.333 e. The molecule has 3 atom stereocenters. The Hall–Kier alpha value is -2.34. The highest BCUT2D eigenvalue weighted by atomic mass is 32.2. The van der Waals surface area contributed by atoms with Crippen molar-refractivity contribution in [1.82, 2.24) is 9.62 Å². The molecule has 0 saturated heterocycles. The van der Waals surface area contributed by atoms with Gasteiger partial charge in [-0.3, -0.25) is 14.5 Å². The van der Waals surface area contributed by atoms with Crippen LogP contribution in [0.1, 0.15) is 60.7 Å². The summed E-state index contributed by atoms with van der Waals surface area (Å²) >= 11 is 0. The van der Waals surface area contributed by atoms with Crippen LogP contribution in [0.4, 0.5) is 0 Å². The van der Waals surface area contributed by atoms with Gasteiger partial charge in [-0.05, 0) is 44.0 Å². The number of carbonyl (C=O) groups is 3.